The van der Waals surface area contributed by atoms with Gasteiger partial charge in [0.05, 0.1) is 33.5 Å². The van der Waals surface area contributed by atoms with Gasteiger partial charge in [-0.25, -0.2) is 0 Å². The number of aromatic nitrogens is 5. The molecule has 5 aromatic rings. The predicted molar refractivity (Wildman–Crippen MR) is 213 cm³/mol. The molecule has 4 amide bonds. The van der Waals surface area contributed by atoms with Crippen molar-refractivity contribution in [1.29, 1.82) is 0 Å². The molecule has 14 heteroatoms. The SMILES string of the molecule is Cc1c(C#Cc2cnn(CCCC(C)/C=C/c3cccc4c3C(=O)N(C3CCC(=O)NC3=O)C4=O)c2)sc2c1C(c1ccc(Cl)cc1)=N[C@@H](C)c1nnc(C)n1-2. The van der Waals surface area contributed by atoms with Crippen LogP contribution in [0.5, 0.6) is 0 Å². The van der Waals surface area contributed by atoms with Gasteiger partial charge in [0.2, 0.25) is 11.8 Å². The second kappa shape index (κ2) is 14.9. The smallest absolute Gasteiger partial charge is 0.262 e. The van der Waals surface area contributed by atoms with Gasteiger partial charge in [-0.3, -0.25) is 43.6 Å². The Bertz CT molecular complexity index is 2570. The van der Waals surface area contributed by atoms with Gasteiger partial charge in [-0.2, -0.15) is 5.10 Å². The van der Waals surface area contributed by atoms with E-state index in [1.54, 1.807) is 35.7 Å². The van der Waals surface area contributed by atoms with E-state index in [4.69, 9.17) is 16.6 Å². The third-order valence-corrected chi connectivity index (χ3v) is 11.8. The van der Waals surface area contributed by atoms with Crippen LogP contribution in [0.2, 0.25) is 5.02 Å². The van der Waals surface area contributed by atoms with Crippen molar-refractivity contribution in [3.8, 4) is 16.8 Å². The molecular formula is C42H37ClN8O4S. The first-order valence-electron chi connectivity index (χ1n) is 18.5. The van der Waals surface area contributed by atoms with Crippen LogP contribution >= 0.6 is 22.9 Å². The van der Waals surface area contributed by atoms with Crippen molar-refractivity contribution in [3.63, 3.8) is 0 Å². The van der Waals surface area contributed by atoms with Gasteiger partial charge in [0, 0.05) is 35.3 Å². The number of benzene rings is 2. The molecule has 0 radical (unpaired) electrons. The van der Waals surface area contributed by atoms with E-state index in [9.17, 15) is 19.2 Å². The first kappa shape index (κ1) is 37.0. The third kappa shape index (κ3) is 6.80. The molecule has 6 heterocycles. The number of hydrogen-bond donors (Lipinski definition) is 1. The number of fused-ring (bicyclic) bond motifs is 4. The summed E-state index contributed by atoms with van der Waals surface area (Å²) in [7, 11) is 0. The fourth-order valence-electron chi connectivity index (χ4n) is 7.40. The number of hydrogen-bond acceptors (Lipinski definition) is 9. The van der Waals surface area contributed by atoms with Gasteiger partial charge >= 0.3 is 0 Å². The Morgan fingerprint density at radius 3 is 2.62 bits per heavy atom. The predicted octanol–water partition coefficient (Wildman–Crippen LogP) is 6.64. The lowest BCUT2D eigenvalue weighted by Crippen LogP contribution is -2.54. The van der Waals surface area contributed by atoms with Gasteiger partial charge in [0.15, 0.2) is 5.82 Å². The molecule has 0 aliphatic carbocycles. The van der Waals surface area contributed by atoms with Crippen LogP contribution in [0.3, 0.4) is 0 Å². The number of nitrogens with one attached hydrogen (secondary N) is 1. The van der Waals surface area contributed by atoms with E-state index in [2.05, 4.69) is 50.9 Å². The number of nitrogens with zero attached hydrogens (tertiary/aromatic N) is 7. The molecule has 2 aromatic carbocycles. The molecule has 1 N–H and O–H groups in total. The molecular weight excluding hydrogens is 748 g/mol. The Labute approximate surface area is 332 Å². The Kier molecular flexibility index (Phi) is 9.86. The monoisotopic (exact) mass is 784 g/mol. The summed E-state index contributed by atoms with van der Waals surface area (Å²) in [4.78, 5) is 57.8. The molecule has 3 atom stereocenters. The van der Waals surface area contributed by atoms with E-state index >= 15 is 0 Å². The van der Waals surface area contributed by atoms with E-state index in [0.717, 1.165) is 67.2 Å². The van der Waals surface area contributed by atoms with Crippen molar-refractivity contribution in [2.45, 2.75) is 72.0 Å². The van der Waals surface area contributed by atoms with Crippen molar-refractivity contribution >= 4 is 58.4 Å². The van der Waals surface area contributed by atoms with Crippen LogP contribution < -0.4 is 5.32 Å². The highest BCUT2D eigenvalue weighted by molar-refractivity contribution is 7.15. The van der Waals surface area contributed by atoms with Crippen LogP contribution in [0, 0.1) is 31.6 Å². The number of aliphatic imine (C=N–C) groups is 1. The van der Waals surface area contributed by atoms with Gasteiger partial charge in [-0.15, -0.1) is 21.5 Å². The Balaban J connectivity index is 0.933. The van der Waals surface area contributed by atoms with Crippen LogP contribution in [0.15, 0.2) is 65.9 Å². The van der Waals surface area contributed by atoms with Crippen LogP contribution in [-0.2, 0) is 16.1 Å². The summed E-state index contributed by atoms with van der Waals surface area (Å²) < 4.78 is 3.99. The molecule has 0 saturated carbocycles. The summed E-state index contributed by atoms with van der Waals surface area (Å²) in [5, 5.41) is 17.3. The highest BCUT2D eigenvalue weighted by Crippen LogP contribution is 2.39. The fourth-order valence-corrected chi connectivity index (χ4v) is 8.74. The minimum absolute atomic E-state index is 0.0760. The number of rotatable bonds is 8. The van der Waals surface area contributed by atoms with Gasteiger partial charge in [0.25, 0.3) is 11.8 Å². The van der Waals surface area contributed by atoms with E-state index in [0.29, 0.717) is 17.1 Å². The molecule has 3 aliphatic heterocycles. The maximum atomic E-state index is 13.4. The van der Waals surface area contributed by atoms with Crippen molar-refractivity contribution in [2.24, 2.45) is 10.9 Å². The lowest BCUT2D eigenvalue weighted by Gasteiger charge is -2.27. The number of halogens is 1. The van der Waals surface area contributed by atoms with Crippen LogP contribution in [0.1, 0.15) is 111 Å². The summed E-state index contributed by atoms with van der Waals surface area (Å²) in [6.45, 7) is 8.86. The highest BCUT2D eigenvalue weighted by atomic mass is 35.5. The minimum atomic E-state index is -0.999. The van der Waals surface area contributed by atoms with Gasteiger partial charge in [-0.05, 0) is 75.3 Å². The molecule has 0 spiro atoms. The summed E-state index contributed by atoms with van der Waals surface area (Å²) >= 11 is 7.83. The van der Waals surface area contributed by atoms with Crippen LogP contribution in [0.25, 0.3) is 11.1 Å². The summed E-state index contributed by atoms with van der Waals surface area (Å²) in [6, 6.07) is 11.7. The van der Waals surface area contributed by atoms with E-state index in [1.165, 1.54) is 0 Å². The third-order valence-electron chi connectivity index (χ3n) is 10.3. The van der Waals surface area contributed by atoms with Crippen LogP contribution in [0.4, 0.5) is 0 Å². The number of carbonyl (C=O) groups excluding carboxylic acids is 4. The molecule has 282 valence electrons. The number of imide groups is 2. The Morgan fingerprint density at radius 2 is 1.84 bits per heavy atom. The second-order valence-electron chi connectivity index (χ2n) is 14.3. The summed E-state index contributed by atoms with van der Waals surface area (Å²) in [5.74, 6) is 6.42. The fraction of sp³-hybridized carbons (Fsp3) is 0.286. The Morgan fingerprint density at radius 1 is 1.04 bits per heavy atom. The summed E-state index contributed by atoms with van der Waals surface area (Å²) in [6.07, 6.45) is 9.54. The van der Waals surface area contributed by atoms with Crippen molar-refractivity contribution in [2.75, 3.05) is 0 Å². The maximum absolute atomic E-state index is 13.4. The zero-order valence-electron chi connectivity index (χ0n) is 31.2. The molecule has 56 heavy (non-hydrogen) atoms. The van der Waals surface area contributed by atoms with Crippen molar-refractivity contribution in [3.05, 3.63) is 121 Å². The van der Waals surface area contributed by atoms with E-state index in [-0.39, 0.29) is 35.9 Å². The Hall–Kier alpha value is -5.97. The maximum Gasteiger partial charge on any atom is 0.262 e. The first-order valence-corrected chi connectivity index (χ1v) is 19.6. The minimum Gasteiger partial charge on any atom is -0.295 e. The molecule has 12 nitrogen and oxygen atoms in total. The zero-order valence-corrected chi connectivity index (χ0v) is 32.7. The lowest BCUT2D eigenvalue weighted by molar-refractivity contribution is -0.136. The van der Waals surface area contributed by atoms with E-state index < -0.39 is 29.7 Å². The molecule has 2 unspecified atom stereocenters. The lowest BCUT2D eigenvalue weighted by atomic mass is 9.99. The standard InChI is InChI=1S/C42H37ClN8O4S/c1-23(10-12-28-8-5-9-31-36(28)41(55)51(40(31)54)32-17-19-34(52)46-39(32)53)7-6-20-49-22-27(21-44-49)11-18-33-24(2)35-37(29-13-15-30(43)16-14-29)45-25(3)38-48-47-26(4)50(38)42(35)56-33/h5,8-10,12-16,21-23,25,32H,6-7,17,19-20H2,1-4H3,(H,46,52,53)/b12-10+/t23?,25-,32?/m0/s1. The normalized spacial score (nSPS) is 18.2. The van der Waals surface area contributed by atoms with Gasteiger partial charge in [0.1, 0.15) is 22.9 Å². The zero-order chi connectivity index (χ0) is 39.2. The molecule has 8 rings (SSSR count). The molecule has 3 aliphatic rings. The first-order chi connectivity index (χ1) is 27.0. The molecule has 1 fully saturated rings. The number of carbonyl (C=O) groups is 4. The number of piperidine rings is 1. The van der Waals surface area contributed by atoms with Crippen molar-refractivity contribution < 1.29 is 19.2 Å². The largest absolute Gasteiger partial charge is 0.295 e. The van der Waals surface area contributed by atoms with Crippen LogP contribution in [-0.4, -0.2) is 64.8 Å². The van der Waals surface area contributed by atoms with Crippen molar-refractivity contribution in [1.82, 2.24) is 34.8 Å². The quantitative estimate of drug-likeness (QED) is 0.137. The number of amides is 4. The van der Waals surface area contributed by atoms with Gasteiger partial charge < -0.3 is 0 Å². The number of allylic oxidation sites excluding steroid dienone is 1. The summed E-state index contributed by atoms with van der Waals surface area (Å²) in [5.41, 5.74) is 5.88. The number of thiophene rings is 1. The number of aryl methyl sites for hydroxylation is 2. The highest BCUT2D eigenvalue weighted by Gasteiger charge is 2.45. The van der Waals surface area contributed by atoms with Gasteiger partial charge in [-0.1, -0.05) is 66.8 Å². The molecule has 1 saturated heterocycles. The average Bonchev–Trinajstić information content (AvgIpc) is 3.92. The molecule has 0 bridgehead atoms. The average molecular weight is 785 g/mol. The second-order valence-corrected chi connectivity index (χ2v) is 15.7. The molecule has 3 aromatic heterocycles. The topological polar surface area (TPSA) is 144 Å². The van der Waals surface area contributed by atoms with E-state index in [1.807, 2.05) is 61.1 Å².